The van der Waals surface area contributed by atoms with Gasteiger partial charge in [0.25, 0.3) is 15.6 Å². The summed E-state index contributed by atoms with van der Waals surface area (Å²) in [6, 6.07) is 10.6. The molecule has 0 fully saturated rings. The van der Waals surface area contributed by atoms with E-state index < -0.39 is 20.7 Å². The maximum Gasteiger partial charge on any atom is 0.264 e. The second-order valence-corrected chi connectivity index (χ2v) is 10.5. The van der Waals surface area contributed by atoms with Gasteiger partial charge in [-0.05, 0) is 61.5 Å². The Morgan fingerprint density at radius 3 is 2.50 bits per heavy atom. The minimum absolute atomic E-state index is 0.0195. The number of likely N-dealkylation sites (N-methyl/N-ethyl adjacent to an activating group) is 1. The highest BCUT2D eigenvalue weighted by atomic mass is 32.2. The van der Waals surface area contributed by atoms with Crippen LogP contribution in [-0.4, -0.2) is 54.6 Å². The molecule has 0 amide bonds. The summed E-state index contributed by atoms with van der Waals surface area (Å²) in [6.07, 6.45) is 3.07. The third-order valence-electron chi connectivity index (χ3n) is 6.37. The molecule has 0 saturated heterocycles. The van der Waals surface area contributed by atoms with Crippen LogP contribution in [0, 0.1) is 12.7 Å². The number of halogens is 1. The number of hydrogen-bond acceptors (Lipinski definition) is 7. The number of nitrogens with one attached hydrogen (secondary N) is 1. The largest absolute Gasteiger partial charge is 0.480 e. The van der Waals surface area contributed by atoms with Crippen LogP contribution in [0.2, 0.25) is 0 Å². The number of rotatable bonds is 10. The molecule has 2 aromatic heterocycles. The maximum absolute atomic E-state index is 14.4. The number of pyridine rings is 1. The number of aryl methyl sites for hydroxylation is 1. The first-order valence-electron chi connectivity index (χ1n) is 12.2. The number of hydrogen-bond donors (Lipinski definition) is 1. The summed E-state index contributed by atoms with van der Waals surface area (Å²) in [5.41, 5.74) is 2.19. The molecule has 0 bridgehead atoms. The zero-order valence-corrected chi connectivity index (χ0v) is 22.5. The maximum atomic E-state index is 14.4. The van der Waals surface area contributed by atoms with Gasteiger partial charge in [-0.2, -0.15) is 0 Å². The number of benzene rings is 2. The van der Waals surface area contributed by atoms with Gasteiger partial charge in [0.2, 0.25) is 5.88 Å². The van der Waals surface area contributed by atoms with Crippen LogP contribution in [0.4, 0.5) is 10.1 Å². The Balaban J connectivity index is 1.70. The van der Waals surface area contributed by atoms with Crippen LogP contribution >= 0.6 is 0 Å². The van der Waals surface area contributed by atoms with Gasteiger partial charge in [-0.1, -0.05) is 26.0 Å². The molecule has 9 nitrogen and oxygen atoms in total. The first-order valence-corrected chi connectivity index (χ1v) is 13.7. The van der Waals surface area contributed by atoms with Crippen LogP contribution in [0.25, 0.3) is 22.0 Å². The number of sulfonamides is 1. The molecule has 0 aliphatic rings. The topological polar surface area (TPSA) is 106 Å². The second kappa shape index (κ2) is 11.3. The number of aromatic nitrogens is 3. The highest BCUT2D eigenvalue weighted by Gasteiger charge is 2.22. The van der Waals surface area contributed by atoms with E-state index in [9.17, 15) is 17.6 Å². The molecule has 38 heavy (non-hydrogen) atoms. The molecular weight excluding hydrogens is 509 g/mol. The van der Waals surface area contributed by atoms with Crippen molar-refractivity contribution in [1.29, 1.82) is 0 Å². The normalized spacial score (nSPS) is 11.7. The molecule has 1 N–H and O–H groups in total. The molecule has 2 aromatic carbocycles. The van der Waals surface area contributed by atoms with Crippen molar-refractivity contribution in [3.05, 3.63) is 76.7 Å². The van der Waals surface area contributed by atoms with E-state index in [1.807, 2.05) is 0 Å². The average molecular weight is 540 g/mol. The molecule has 0 unspecified atom stereocenters. The Hall–Kier alpha value is -3.83. The molecule has 0 spiro atoms. The predicted octanol–water partition coefficient (Wildman–Crippen LogP) is 4.06. The van der Waals surface area contributed by atoms with Gasteiger partial charge in [0.15, 0.2) is 0 Å². The lowest BCUT2D eigenvalue weighted by Crippen LogP contribution is -2.31. The fraction of sp³-hybridized carbons (Fsp3) is 0.296. The van der Waals surface area contributed by atoms with E-state index in [4.69, 9.17) is 4.74 Å². The van der Waals surface area contributed by atoms with Crippen molar-refractivity contribution < 1.29 is 17.5 Å². The van der Waals surface area contributed by atoms with Crippen LogP contribution < -0.4 is 15.0 Å². The van der Waals surface area contributed by atoms with E-state index in [1.165, 1.54) is 31.5 Å². The summed E-state index contributed by atoms with van der Waals surface area (Å²) < 4.78 is 49.6. The summed E-state index contributed by atoms with van der Waals surface area (Å²) in [7, 11) is -2.91. The lowest BCUT2D eigenvalue weighted by atomic mass is 10.1. The molecule has 0 saturated carbocycles. The molecule has 4 rings (SSSR count). The van der Waals surface area contributed by atoms with E-state index in [0.717, 1.165) is 25.7 Å². The van der Waals surface area contributed by atoms with Gasteiger partial charge in [-0.15, -0.1) is 0 Å². The Kier molecular flexibility index (Phi) is 8.08. The first-order chi connectivity index (χ1) is 18.2. The SMILES string of the molecule is CCN(CC)CCn1cnc2ccc(-c3cnc(OC)c(NS(=O)(=O)c4ccc(C)cc4F)c3)cc2c1=O. The lowest BCUT2D eigenvalue weighted by Gasteiger charge is -2.18. The Morgan fingerprint density at radius 2 is 1.82 bits per heavy atom. The highest BCUT2D eigenvalue weighted by Crippen LogP contribution is 2.31. The van der Waals surface area contributed by atoms with Crippen molar-refractivity contribution in [1.82, 2.24) is 19.4 Å². The summed E-state index contributed by atoms with van der Waals surface area (Å²) in [6.45, 7) is 8.85. The quantitative estimate of drug-likeness (QED) is 0.324. The highest BCUT2D eigenvalue weighted by molar-refractivity contribution is 7.92. The third kappa shape index (κ3) is 5.68. The molecule has 0 radical (unpaired) electrons. The summed E-state index contributed by atoms with van der Waals surface area (Å²) in [5, 5.41) is 0.434. The minimum Gasteiger partial charge on any atom is -0.480 e. The van der Waals surface area contributed by atoms with Gasteiger partial charge in [0.1, 0.15) is 16.4 Å². The van der Waals surface area contributed by atoms with Crippen molar-refractivity contribution in [2.75, 3.05) is 31.5 Å². The molecule has 0 atom stereocenters. The molecule has 11 heteroatoms. The molecular formula is C27H30FN5O4S. The average Bonchev–Trinajstić information content (AvgIpc) is 2.89. The van der Waals surface area contributed by atoms with E-state index in [0.29, 0.717) is 34.1 Å². The smallest absolute Gasteiger partial charge is 0.264 e. The summed E-state index contributed by atoms with van der Waals surface area (Å²) in [5.74, 6) is -0.842. The number of methoxy groups -OCH3 is 1. The van der Waals surface area contributed by atoms with Gasteiger partial charge in [0, 0.05) is 24.8 Å². The van der Waals surface area contributed by atoms with E-state index in [-0.39, 0.29) is 17.1 Å². The minimum atomic E-state index is -4.27. The number of nitrogens with zero attached hydrogens (tertiary/aromatic N) is 4. The van der Waals surface area contributed by atoms with Crippen molar-refractivity contribution in [2.45, 2.75) is 32.2 Å². The molecule has 0 aliphatic carbocycles. The molecule has 0 aliphatic heterocycles. The van der Waals surface area contributed by atoms with E-state index in [1.54, 1.807) is 36.0 Å². The summed E-state index contributed by atoms with van der Waals surface area (Å²) >= 11 is 0. The fourth-order valence-corrected chi connectivity index (χ4v) is 5.26. The van der Waals surface area contributed by atoms with Crippen LogP contribution in [0.5, 0.6) is 5.88 Å². The van der Waals surface area contributed by atoms with Gasteiger partial charge in [-0.3, -0.25) is 14.1 Å². The van der Waals surface area contributed by atoms with Gasteiger partial charge in [0.05, 0.1) is 24.3 Å². The Bertz CT molecular complexity index is 1630. The molecule has 2 heterocycles. The van der Waals surface area contributed by atoms with Gasteiger partial charge >= 0.3 is 0 Å². The zero-order chi connectivity index (χ0) is 27.4. The zero-order valence-electron chi connectivity index (χ0n) is 21.7. The van der Waals surface area contributed by atoms with Gasteiger partial charge in [-0.25, -0.2) is 22.8 Å². The standard InChI is InChI=1S/C27H30FN5O4S/c1-5-32(6-2)11-12-33-17-30-23-9-8-19(14-21(23)27(33)34)20-15-24(26(37-4)29-16-20)31-38(35,36)25-10-7-18(3)13-22(25)28/h7-10,13-17,31H,5-6,11-12H2,1-4H3. The second-order valence-electron chi connectivity index (χ2n) is 8.82. The van der Waals surface area contributed by atoms with Crippen molar-refractivity contribution >= 4 is 26.6 Å². The number of fused-ring (bicyclic) bond motifs is 1. The summed E-state index contributed by atoms with van der Waals surface area (Å²) in [4.78, 5) is 23.6. The fourth-order valence-electron chi connectivity index (χ4n) is 4.16. The van der Waals surface area contributed by atoms with Crippen LogP contribution in [0.1, 0.15) is 19.4 Å². The third-order valence-corrected chi connectivity index (χ3v) is 7.77. The number of anilines is 1. The Labute approximate surface area is 221 Å². The molecule has 200 valence electrons. The van der Waals surface area contributed by atoms with Crippen molar-refractivity contribution in [3.8, 4) is 17.0 Å². The van der Waals surface area contributed by atoms with E-state index in [2.05, 4.69) is 33.4 Å². The van der Waals surface area contributed by atoms with E-state index >= 15 is 0 Å². The molecule has 4 aromatic rings. The van der Waals surface area contributed by atoms with Crippen molar-refractivity contribution in [3.63, 3.8) is 0 Å². The lowest BCUT2D eigenvalue weighted by molar-refractivity contribution is 0.289. The first kappa shape index (κ1) is 27.2. The van der Waals surface area contributed by atoms with Crippen LogP contribution in [0.3, 0.4) is 0 Å². The Morgan fingerprint density at radius 1 is 1.05 bits per heavy atom. The monoisotopic (exact) mass is 539 g/mol. The number of ether oxygens (including phenoxy) is 1. The van der Waals surface area contributed by atoms with Crippen LogP contribution in [0.15, 0.2) is 64.7 Å². The van der Waals surface area contributed by atoms with Crippen molar-refractivity contribution in [2.24, 2.45) is 0 Å². The van der Waals surface area contributed by atoms with Crippen LogP contribution in [-0.2, 0) is 16.6 Å². The predicted molar refractivity (Wildman–Crippen MR) is 146 cm³/mol. The van der Waals surface area contributed by atoms with Gasteiger partial charge < -0.3 is 9.64 Å².